The van der Waals surface area contributed by atoms with Crippen molar-refractivity contribution in [2.45, 2.75) is 38.5 Å². The smallest absolute Gasteiger partial charge is 0.251 e. The molecule has 10 heteroatoms. The Morgan fingerprint density at radius 2 is 1.61 bits per heavy atom. The van der Waals surface area contributed by atoms with Gasteiger partial charge in [0.05, 0.1) is 19.0 Å². The van der Waals surface area contributed by atoms with Gasteiger partial charge in [-0.15, -0.1) is 0 Å². The van der Waals surface area contributed by atoms with Crippen LogP contribution in [0.25, 0.3) is 0 Å². The van der Waals surface area contributed by atoms with Crippen molar-refractivity contribution in [2.75, 3.05) is 42.3 Å². The van der Waals surface area contributed by atoms with E-state index in [4.69, 9.17) is 16.3 Å². The van der Waals surface area contributed by atoms with E-state index < -0.39 is 6.04 Å². The number of carbonyl (C=O) groups is 2. The number of anilines is 2. The molecule has 1 saturated heterocycles. The molecule has 4 aromatic rings. The van der Waals surface area contributed by atoms with Crippen LogP contribution in [-0.4, -0.2) is 58.7 Å². The maximum Gasteiger partial charge on any atom is 0.251 e. The highest BCUT2D eigenvalue weighted by Gasteiger charge is 2.32. The molecule has 5 rings (SSSR count). The van der Waals surface area contributed by atoms with Crippen molar-refractivity contribution >= 4 is 46.6 Å². The van der Waals surface area contributed by atoms with Crippen molar-refractivity contribution in [1.29, 1.82) is 0 Å². The number of rotatable bonds is 10. The summed E-state index contributed by atoms with van der Waals surface area (Å²) in [4.78, 5) is 41.1. The summed E-state index contributed by atoms with van der Waals surface area (Å²) in [7, 11) is 0. The first-order valence-corrected chi connectivity index (χ1v) is 15.9. The van der Waals surface area contributed by atoms with Gasteiger partial charge in [-0.2, -0.15) is 0 Å². The molecule has 0 radical (unpaired) electrons. The van der Waals surface area contributed by atoms with Crippen LogP contribution >= 0.6 is 23.4 Å². The Kier molecular flexibility index (Phi) is 10.5. The van der Waals surface area contributed by atoms with Gasteiger partial charge >= 0.3 is 0 Å². The minimum atomic E-state index is -0.918. The van der Waals surface area contributed by atoms with Crippen LogP contribution in [0.2, 0.25) is 5.02 Å². The van der Waals surface area contributed by atoms with E-state index in [1.807, 2.05) is 75.4 Å². The second-order valence-corrected chi connectivity index (χ2v) is 12.1. The van der Waals surface area contributed by atoms with Gasteiger partial charge in [0.1, 0.15) is 6.04 Å². The van der Waals surface area contributed by atoms with E-state index in [0.717, 1.165) is 41.3 Å². The predicted octanol–water partition coefficient (Wildman–Crippen LogP) is 6.39. The van der Waals surface area contributed by atoms with E-state index in [9.17, 15) is 9.59 Å². The average molecular weight is 630 g/mol. The lowest BCUT2D eigenvalue weighted by molar-refractivity contribution is -0.137. The Morgan fingerprint density at radius 3 is 2.27 bits per heavy atom. The lowest BCUT2D eigenvalue weighted by Crippen LogP contribution is -2.42. The molecule has 228 valence electrons. The van der Waals surface area contributed by atoms with Crippen LogP contribution in [0.3, 0.4) is 0 Å². The van der Waals surface area contributed by atoms with Gasteiger partial charge in [0.15, 0.2) is 5.16 Å². The average Bonchev–Trinajstić information content (AvgIpc) is 3.02. The number of aromatic nitrogens is 2. The van der Waals surface area contributed by atoms with Crippen LogP contribution in [0.5, 0.6) is 0 Å². The van der Waals surface area contributed by atoms with Crippen molar-refractivity contribution in [3.05, 3.63) is 112 Å². The van der Waals surface area contributed by atoms with Gasteiger partial charge in [0.2, 0.25) is 5.91 Å². The molecule has 0 saturated carbocycles. The van der Waals surface area contributed by atoms with Crippen LogP contribution in [0.4, 0.5) is 11.4 Å². The van der Waals surface area contributed by atoms with E-state index >= 15 is 0 Å². The molecular weight excluding hydrogens is 594 g/mol. The van der Waals surface area contributed by atoms with E-state index in [-0.39, 0.29) is 24.1 Å². The van der Waals surface area contributed by atoms with Crippen LogP contribution in [0.15, 0.2) is 84.0 Å². The zero-order chi connectivity index (χ0) is 31.1. The number of nitrogens with zero attached hydrogens (tertiary/aromatic N) is 4. The van der Waals surface area contributed by atoms with Gasteiger partial charge in [-0.3, -0.25) is 9.59 Å². The molecule has 1 aromatic heterocycles. The Morgan fingerprint density at radius 1 is 0.955 bits per heavy atom. The van der Waals surface area contributed by atoms with Crippen molar-refractivity contribution < 1.29 is 14.3 Å². The molecular formula is C34H36ClN5O3S. The molecule has 1 unspecified atom stereocenters. The molecule has 3 aromatic carbocycles. The fraction of sp³-hybridized carbons (Fsp3) is 0.294. The van der Waals surface area contributed by atoms with Gasteiger partial charge in [0.25, 0.3) is 5.91 Å². The SMILES string of the molecule is Cc1cc(C)nc(SCC(=O)N(Cc2ccccc2C)C(C(=O)Nc2ccc(N3CCOCC3)cc2)c2ccc(Cl)cc2)n1. The van der Waals surface area contributed by atoms with Crippen molar-refractivity contribution in [3.8, 4) is 0 Å². The summed E-state index contributed by atoms with van der Waals surface area (Å²) in [6.45, 7) is 9.09. The number of halogens is 1. The number of thioether (sulfide) groups is 1. The van der Waals surface area contributed by atoms with Gasteiger partial charge in [-0.1, -0.05) is 59.8 Å². The number of aryl methyl sites for hydroxylation is 3. The van der Waals surface area contributed by atoms with Crippen LogP contribution in [0.1, 0.15) is 34.1 Å². The standard InChI is InChI=1S/C34H36ClN5O3S/c1-23-6-4-5-7-27(23)21-40(31(41)22-44-34-36-24(2)20-25(3)37-34)32(26-8-10-28(35)11-9-26)33(42)38-29-12-14-30(15-13-29)39-16-18-43-19-17-39/h4-15,20,32H,16-19,21-22H2,1-3H3,(H,38,42). The molecule has 0 aliphatic carbocycles. The number of nitrogens with one attached hydrogen (secondary N) is 1. The number of benzene rings is 3. The second-order valence-electron chi connectivity index (χ2n) is 10.8. The molecule has 1 atom stereocenters. The quantitative estimate of drug-likeness (QED) is 0.161. The largest absolute Gasteiger partial charge is 0.378 e. The number of carbonyl (C=O) groups excluding carboxylic acids is 2. The van der Waals surface area contributed by atoms with E-state index in [2.05, 4.69) is 20.2 Å². The highest BCUT2D eigenvalue weighted by atomic mass is 35.5. The van der Waals surface area contributed by atoms with E-state index in [1.165, 1.54) is 11.8 Å². The zero-order valence-electron chi connectivity index (χ0n) is 25.1. The summed E-state index contributed by atoms with van der Waals surface area (Å²) in [5.41, 5.74) is 6.03. The third kappa shape index (κ3) is 8.16. The highest BCUT2D eigenvalue weighted by Crippen LogP contribution is 2.29. The highest BCUT2D eigenvalue weighted by molar-refractivity contribution is 7.99. The molecule has 0 bridgehead atoms. The Bertz CT molecular complexity index is 1570. The Labute approximate surface area is 267 Å². The molecule has 44 heavy (non-hydrogen) atoms. The number of ether oxygens (including phenoxy) is 1. The molecule has 2 amide bonds. The second kappa shape index (κ2) is 14.7. The summed E-state index contributed by atoms with van der Waals surface area (Å²) in [5.74, 6) is -0.458. The lowest BCUT2D eigenvalue weighted by atomic mass is 10.0. The summed E-state index contributed by atoms with van der Waals surface area (Å²) < 4.78 is 5.47. The number of hydrogen-bond acceptors (Lipinski definition) is 7. The number of hydrogen-bond donors (Lipinski definition) is 1. The monoisotopic (exact) mass is 629 g/mol. The van der Waals surface area contributed by atoms with Crippen molar-refractivity contribution in [1.82, 2.24) is 14.9 Å². The number of amides is 2. The van der Waals surface area contributed by atoms with Gasteiger partial charge in [0, 0.05) is 47.4 Å². The van der Waals surface area contributed by atoms with E-state index in [1.54, 1.807) is 29.2 Å². The van der Waals surface area contributed by atoms with Crippen LogP contribution in [0, 0.1) is 20.8 Å². The first kappa shape index (κ1) is 31.5. The predicted molar refractivity (Wildman–Crippen MR) is 176 cm³/mol. The minimum absolute atomic E-state index is 0.0698. The molecule has 8 nitrogen and oxygen atoms in total. The molecule has 1 fully saturated rings. The van der Waals surface area contributed by atoms with Crippen LogP contribution < -0.4 is 10.2 Å². The fourth-order valence-corrected chi connectivity index (χ4v) is 6.13. The zero-order valence-corrected chi connectivity index (χ0v) is 26.7. The summed E-state index contributed by atoms with van der Waals surface area (Å²) in [6.07, 6.45) is 0. The van der Waals surface area contributed by atoms with Crippen molar-refractivity contribution in [3.63, 3.8) is 0 Å². The third-order valence-corrected chi connectivity index (χ3v) is 8.55. The molecule has 1 aliphatic rings. The fourth-order valence-electron chi connectivity index (χ4n) is 5.17. The topological polar surface area (TPSA) is 87.7 Å². The summed E-state index contributed by atoms with van der Waals surface area (Å²) in [5, 5.41) is 4.14. The molecule has 1 N–H and O–H groups in total. The first-order chi connectivity index (χ1) is 21.3. The summed E-state index contributed by atoms with van der Waals surface area (Å²) >= 11 is 7.50. The summed E-state index contributed by atoms with van der Waals surface area (Å²) in [6, 6.07) is 23.7. The van der Waals surface area contributed by atoms with Crippen molar-refractivity contribution in [2.24, 2.45) is 0 Å². The lowest BCUT2D eigenvalue weighted by Gasteiger charge is -2.32. The first-order valence-electron chi connectivity index (χ1n) is 14.5. The maximum atomic E-state index is 14.2. The molecule has 1 aliphatic heterocycles. The Hall–Kier alpha value is -3.92. The normalized spacial score (nSPS) is 13.8. The van der Waals surface area contributed by atoms with Crippen LogP contribution in [-0.2, 0) is 20.9 Å². The Balaban J connectivity index is 1.45. The number of morpholine rings is 1. The minimum Gasteiger partial charge on any atom is -0.378 e. The molecule has 2 heterocycles. The van der Waals surface area contributed by atoms with Gasteiger partial charge in [-0.05, 0) is 79.9 Å². The molecule has 0 spiro atoms. The van der Waals surface area contributed by atoms with E-state index in [0.29, 0.717) is 34.6 Å². The third-order valence-electron chi connectivity index (χ3n) is 7.47. The maximum absolute atomic E-state index is 14.2. The van der Waals surface area contributed by atoms with Gasteiger partial charge in [-0.25, -0.2) is 9.97 Å². The van der Waals surface area contributed by atoms with Gasteiger partial charge < -0.3 is 19.9 Å².